The molecule has 1 amide bonds. The molecule has 1 heterocycles. The van der Waals surface area contributed by atoms with Crippen LogP contribution in [-0.4, -0.2) is 18.4 Å². The number of halogens is 2. The maximum Gasteiger partial charge on any atom is 0.311 e. The lowest BCUT2D eigenvalue weighted by atomic mass is 10.1. The lowest BCUT2D eigenvalue weighted by Crippen LogP contribution is -2.26. The molecule has 0 spiro atoms. The second-order valence-corrected chi connectivity index (χ2v) is 6.45. The Morgan fingerprint density at radius 2 is 2.08 bits per heavy atom. The molecule has 2 aromatic rings. The van der Waals surface area contributed by atoms with E-state index in [1.807, 2.05) is 13.0 Å². The number of benzene rings is 2. The summed E-state index contributed by atoms with van der Waals surface area (Å²) in [6.45, 7) is 1.96. The topological polar surface area (TPSA) is 46.6 Å². The van der Waals surface area contributed by atoms with Crippen LogP contribution in [0.3, 0.4) is 0 Å². The first kappa shape index (κ1) is 17.4. The summed E-state index contributed by atoms with van der Waals surface area (Å²) in [5.74, 6) is -1.65. The van der Waals surface area contributed by atoms with Gasteiger partial charge < -0.3 is 9.64 Å². The van der Waals surface area contributed by atoms with E-state index in [-0.39, 0.29) is 25.5 Å². The van der Waals surface area contributed by atoms with E-state index >= 15 is 0 Å². The second kappa shape index (κ2) is 7.23. The van der Waals surface area contributed by atoms with Crippen molar-refractivity contribution in [1.29, 1.82) is 0 Å². The molecule has 25 heavy (non-hydrogen) atoms. The van der Waals surface area contributed by atoms with E-state index in [0.29, 0.717) is 16.3 Å². The van der Waals surface area contributed by atoms with Gasteiger partial charge >= 0.3 is 5.97 Å². The highest BCUT2D eigenvalue weighted by Gasteiger charge is 2.36. The third kappa shape index (κ3) is 3.82. The highest BCUT2D eigenvalue weighted by Crippen LogP contribution is 2.29. The fourth-order valence-electron chi connectivity index (χ4n) is 2.75. The molecular formula is C19H17ClFNO3. The highest BCUT2D eigenvalue weighted by molar-refractivity contribution is 6.31. The Hall–Kier alpha value is -2.40. The van der Waals surface area contributed by atoms with Gasteiger partial charge in [0.25, 0.3) is 0 Å². The Morgan fingerprint density at radius 3 is 2.80 bits per heavy atom. The number of esters is 1. The molecule has 1 aliphatic rings. The molecule has 1 saturated heterocycles. The van der Waals surface area contributed by atoms with E-state index in [2.05, 4.69) is 0 Å². The van der Waals surface area contributed by atoms with Crippen molar-refractivity contribution in [3.05, 3.63) is 64.4 Å². The van der Waals surface area contributed by atoms with Crippen LogP contribution in [0.25, 0.3) is 0 Å². The molecule has 0 aromatic heterocycles. The van der Waals surface area contributed by atoms with Gasteiger partial charge in [0.15, 0.2) is 0 Å². The molecule has 1 aliphatic heterocycles. The number of hydrogen-bond acceptors (Lipinski definition) is 3. The number of aryl methyl sites for hydroxylation is 1. The maximum absolute atomic E-state index is 13.6. The van der Waals surface area contributed by atoms with Gasteiger partial charge in [-0.05, 0) is 30.7 Å². The molecule has 0 bridgehead atoms. The normalized spacial score (nSPS) is 17.0. The van der Waals surface area contributed by atoms with Gasteiger partial charge in [-0.2, -0.15) is 0 Å². The third-order valence-electron chi connectivity index (χ3n) is 4.25. The largest absolute Gasteiger partial charge is 0.460 e. The van der Waals surface area contributed by atoms with Crippen LogP contribution in [0.1, 0.15) is 17.5 Å². The Morgan fingerprint density at radius 1 is 1.32 bits per heavy atom. The lowest BCUT2D eigenvalue weighted by Gasteiger charge is -2.17. The summed E-state index contributed by atoms with van der Waals surface area (Å²) in [4.78, 5) is 26.0. The molecule has 6 heteroatoms. The summed E-state index contributed by atoms with van der Waals surface area (Å²) in [6.07, 6.45) is 0.0710. The highest BCUT2D eigenvalue weighted by atomic mass is 35.5. The van der Waals surface area contributed by atoms with Crippen LogP contribution >= 0.6 is 11.6 Å². The standard InChI is InChI=1S/C19H17ClFNO3/c1-12-6-7-15(9-16(12)20)22-10-14(8-18(22)23)19(24)25-11-13-4-2-3-5-17(13)21/h2-7,9,14H,8,10-11H2,1H3/t14-/m0/s1. The minimum atomic E-state index is -0.570. The van der Waals surface area contributed by atoms with Crippen LogP contribution < -0.4 is 4.90 Å². The first-order valence-electron chi connectivity index (χ1n) is 7.92. The minimum absolute atomic E-state index is 0.0710. The zero-order valence-electron chi connectivity index (χ0n) is 13.7. The molecule has 1 fully saturated rings. The van der Waals surface area contributed by atoms with Crippen molar-refractivity contribution in [3.8, 4) is 0 Å². The molecule has 2 aromatic carbocycles. The quantitative estimate of drug-likeness (QED) is 0.776. The number of carbonyl (C=O) groups is 2. The van der Waals surface area contributed by atoms with Gasteiger partial charge in [0.05, 0.1) is 5.92 Å². The van der Waals surface area contributed by atoms with E-state index in [1.54, 1.807) is 30.3 Å². The molecule has 130 valence electrons. The monoisotopic (exact) mass is 361 g/mol. The van der Waals surface area contributed by atoms with Crippen molar-refractivity contribution >= 4 is 29.2 Å². The first-order valence-corrected chi connectivity index (χ1v) is 8.30. The summed E-state index contributed by atoms with van der Waals surface area (Å²) in [7, 11) is 0. The zero-order valence-corrected chi connectivity index (χ0v) is 14.4. The van der Waals surface area contributed by atoms with Crippen molar-refractivity contribution in [2.24, 2.45) is 5.92 Å². The summed E-state index contributed by atoms with van der Waals surface area (Å²) in [5.41, 5.74) is 1.88. The molecule has 0 N–H and O–H groups in total. The van der Waals surface area contributed by atoms with Gasteiger partial charge in [0.1, 0.15) is 12.4 Å². The first-order chi connectivity index (χ1) is 12.0. The third-order valence-corrected chi connectivity index (χ3v) is 4.66. The number of rotatable bonds is 4. The molecule has 0 aliphatic carbocycles. The fraction of sp³-hybridized carbons (Fsp3) is 0.263. The Bertz CT molecular complexity index is 824. The summed E-state index contributed by atoms with van der Waals surface area (Å²) in [6, 6.07) is 11.5. The van der Waals surface area contributed by atoms with E-state index in [9.17, 15) is 14.0 Å². The molecule has 3 rings (SSSR count). The Labute approximate surface area is 150 Å². The summed E-state index contributed by atoms with van der Waals surface area (Å²) >= 11 is 6.11. The van der Waals surface area contributed by atoms with Gasteiger partial charge in [0, 0.05) is 29.2 Å². The van der Waals surface area contributed by atoms with Gasteiger partial charge in [0.2, 0.25) is 5.91 Å². The van der Waals surface area contributed by atoms with Crippen LogP contribution in [0.5, 0.6) is 0 Å². The molecule has 1 atom stereocenters. The van der Waals surface area contributed by atoms with Crippen LogP contribution in [0.4, 0.5) is 10.1 Å². The van der Waals surface area contributed by atoms with E-state index in [0.717, 1.165) is 5.56 Å². The second-order valence-electron chi connectivity index (χ2n) is 6.04. The number of hydrogen-bond donors (Lipinski definition) is 0. The van der Waals surface area contributed by atoms with Crippen molar-refractivity contribution in [2.75, 3.05) is 11.4 Å². The van der Waals surface area contributed by atoms with Crippen LogP contribution in [0, 0.1) is 18.7 Å². The Kier molecular flexibility index (Phi) is 5.04. The van der Waals surface area contributed by atoms with E-state index in [1.165, 1.54) is 11.0 Å². The molecule has 4 nitrogen and oxygen atoms in total. The van der Waals surface area contributed by atoms with Gasteiger partial charge in [-0.25, -0.2) is 4.39 Å². The molecule has 0 radical (unpaired) electrons. The number of carbonyl (C=O) groups excluding carboxylic acids is 2. The number of nitrogens with zero attached hydrogens (tertiary/aromatic N) is 1. The maximum atomic E-state index is 13.6. The predicted octanol–water partition coefficient (Wildman–Crippen LogP) is 3.88. The van der Waals surface area contributed by atoms with Crippen molar-refractivity contribution in [1.82, 2.24) is 0 Å². The number of amides is 1. The van der Waals surface area contributed by atoms with Gasteiger partial charge in [-0.1, -0.05) is 35.9 Å². The smallest absolute Gasteiger partial charge is 0.311 e. The average molecular weight is 362 g/mol. The van der Waals surface area contributed by atoms with Crippen LogP contribution in [0.2, 0.25) is 5.02 Å². The fourth-order valence-corrected chi connectivity index (χ4v) is 2.92. The summed E-state index contributed by atoms with van der Waals surface area (Å²) < 4.78 is 18.8. The SMILES string of the molecule is Cc1ccc(N2C[C@@H](C(=O)OCc3ccccc3F)CC2=O)cc1Cl. The van der Waals surface area contributed by atoms with Crippen molar-refractivity contribution in [3.63, 3.8) is 0 Å². The number of ether oxygens (including phenoxy) is 1. The Balaban J connectivity index is 1.64. The minimum Gasteiger partial charge on any atom is -0.460 e. The predicted molar refractivity (Wildman–Crippen MR) is 92.8 cm³/mol. The van der Waals surface area contributed by atoms with Gasteiger partial charge in [-0.15, -0.1) is 0 Å². The van der Waals surface area contributed by atoms with Crippen LogP contribution in [-0.2, 0) is 20.9 Å². The zero-order chi connectivity index (χ0) is 18.0. The van der Waals surface area contributed by atoms with Crippen LogP contribution in [0.15, 0.2) is 42.5 Å². The van der Waals surface area contributed by atoms with Gasteiger partial charge in [-0.3, -0.25) is 9.59 Å². The van der Waals surface area contributed by atoms with E-state index in [4.69, 9.17) is 16.3 Å². The van der Waals surface area contributed by atoms with Crippen molar-refractivity contribution < 1.29 is 18.7 Å². The molecule has 0 unspecified atom stereocenters. The van der Waals surface area contributed by atoms with Crippen molar-refractivity contribution in [2.45, 2.75) is 20.0 Å². The average Bonchev–Trinajstić information content (AvgIpc) is 2.98. The van der Waals surface area contributed by atoms with E-state index < -0.39 is 17.7 Å². The number of anilines is 1. The molecule has 0 saturated carbocycles. The summed E-state index contributed by atoms with van der Waals surface area (Å²) in [5, 5.41) is 0.566. The molecular weight excluding hydrogens is 345 g/mol. The lowest BCUT2D eigenvalue weighted by molar-refractivity contribution is -0.149.